The summed E-state index contributed by atoms with van der Waals surface area (Å²) in [6, 6.07) is 5.07. The molecule has 1 heterocycles. The van der Waals surface area contributed by atoms with E-state index in [1.165, 1.54) is 0 Å². The summed E-state index contributed by atoms with van der Waals surface area (Å²) in [6.07, 6.45) is 2.27. The molecule has 1 fully saturated rings. The average molecular weight is 388 g/mol. The minimum atomic E-state index is -0.125. The van der Waals surface area contributed by atoms with Gasteiger partial charge in [0.2, 0.25) is 5.91 Å². The maximum absolute atomic E-state index is 12.8. The van der Waals surface area contributed by atoms with Crippen LogP contribution in [-0.4, -0.2) is 35.8 Å². The van der Waals surface area contributed by atoms with Crippen LogP contribution in [0.3, 0.4) is 0 Å². The first-order valence-corrected chi connectivity index (χ1v) is 8.69. The summed E-state index contributed by atoms with van der Waals surface area (Å²) in [6.45, 7) is 7.15. The molecule has 140 valence electrons. The third kappa shape index (κ3) is 5.87. The number of halogens is 2. The number of rotatable bonds is 4. The summed E-state index contributed by atoms with van der Waals surface area (Å²) < 4.78 is 0. The Morgan fingerprint density at radius 3 is 2.64 bits per heavy atom. The molecule has 1 aromatic rings. The van der Waals surface area contributed by atoms with E-state index in [-0.39, 0.29) is 35.7 Å². The number of nitrogens with two attached hydrogens (primary N) is 1. The highest BCUT2D eigenvalue weighted by atomic mass is 35.5. The van der Waals surface area contributed by atoms with Crippen LogP contribution >= 0.6 is 24.0 Å². The molecule has 0 bridgehead atoms. The SMILES string of the molecule is CC(C)(C)CC(=O)Nc1ccc(Cl)c(C(=O)N2CCCC2CN)c1.Cl. The summed E-state index contributed by atoms with van der Waals surface area (Å²) in [5.74, 6) is -0.205. The monoisotopic (exact) mass is 387 g/mol. The Bertz CT molecular complexity index is 629. The van der Waals surface area contributed by atoms with Crippen LogP contribution in [0.25, 0.3) is 0 Å². The number of benzene rings is 1. The zero-order valence-electron chi connectivity index (χ0n) is 15.0. The summed E-state index contributed by atoms with van der Waals surface area (Å²) in [4.78, 5) is 26.6. The molecule has 1 aliphatic heterocycles. The van der Waals surface area contributed by atoms with Crippen molar-refractivity contribution in [1.29, 1.82) is 0 Å². The molecule has 0 saturated carbocycles. The highest BCUT2D eigenvalue weighted by Gasteiger charge is 2.29. The van der Waals surface area contributed by atoms with Gasteiger partial charge in [-0.3, -0.25) is 9.59 Å². The molecular formula is C18H27Cl2N3O2. The van der Waals surface area contributed by atoms with Crippen molar-refractivity contribution in [2.45, 2.75) is 46.1 Å². The van der Waals surface area contributed by atoms with Crippen molar-refractivity contribution < 1.29 is 9.59 Å². The fraction of sp³-hybridized carbons (Fsp3) is 0.556. The normalized spacial score (nSPS) is 17.2. The summed E-state index contributed by atoms with van der Waals surface area (Å²) in [5.41, 5.74) is 6.64. The van der Waals surface area contributed by atoms with Crippen molar-refractivity contribution in [1.82, 2.24) is 4.90 Å². The van der Waals surface area contributed by atoms with Gasteiger partial charge in [0.05, 0.1) is 10.6 Å². The van der Waals surface area contributed by atoms with Crippen LogP contribution < -0.4 is 11.1 Å². The molecule has 3 N–H and O–H groups in total. The third-order valence-electron chi connectivity index (χ3n) is 4.08. The van der Waals surface area contributed by atoms with Gasteiger partial charge in [-0.2, -0.15) is 0 Å². The van der Waals surface area contributed by atoms with E-state index in [0.29, 0.717) is 35.8 Å². The fourth-order valence-corrected chi connectivity index (χ4v) is 3.15. The van der Waals surface area contributed by atoms with Gasteiger partial charge in [0.15, 0.2) is 0 Å². The second kappa shape index (κ2) is 8.88. The Labute approximate surface area is 160 Å². The van der Waals surface area contributed by atoms with Crippen LogP contribution in [0.2, 0.25) is 5.02 Å². The van der Waals surface area contributed by atoms with Crippen molar-refractivity contribution in [2.75, 3.05) is 18.4 Å². The quantitative estimate of drug-likeness (QED) is 0.826. The minimum absolute atomic E-state index is 0. The van der Waals surface area contributed by atoms with Crippen LogP contribution in [0.5, 0.6) is 0 Å². The zero-order valence-corrected chi connectivity index (χ0v) is 16.5. The standard InChI is InChI=1S/C18H26ClN3O2.ClH/c1-18(2,3)10-16(23)21-12-6-7-15(19)14(9-12)17(24)22-8-4-5-13(22)11-20;/h6-7,9,13H,4-5,8,10-11,20H2,1-3H3,(H,21,23);1H. The Balaban J connectivity index is 0.00000312. The van der Waals surface area contributed by atoms with E-state index in [9.17, 15) is 9.59 Å². The van der Waals surface area contributed by atoms with Crippen molar-refractivity contribution in [2.24, 2.45) is 11.1 Å². The summed E-state index contributed by atoms with van der Waals surface area (Å²) >= 11 is 6.21. The minimum Gasteiger partial charge on any atom is -0.334 e. The van der Waals surface area contributed by atoms with E-state index in [4.69, 9.17) is 17.3 Å². The van der Waals surface area contributed by atoms with Crippen molar-refractivity contribution in [3.63, 3.8) is 0 Å². The average Bonchev–Trinajstić information content (AvgIpc) is 2.95. The fourth-order valence-electron chi connectivity index (χ4n) is 2.96. The van der Waals surface area contributed by atoms with Crippen LogP contribution in [0.15, 0.2) is 18.2 Å². The number of carbonyl (C=O) groups excluding carboxylic acids is 2. The van der Waals surface area contributed by atoms with Crippen LogP contribution in [-0.2, 0) is 4.79 Å². The molecule has 1 aliphatic rings. The smallest absolute Gasteiger partial charge is 0.255 e. The molecule has 0 radical (unpaired) electrons. The number of hydrogen-bond donors (Lipinski definition) is 2. The molecule has 1 unspecified atom stereocenters. The van der Waals surface area contributed by atoms with E-state index in [1.807, 2.05) is 20.8 Å². The summed E-state index contributed by atoms with van der Waals surface area (Å²) in [7, 11) is 0. The lowest BCUT2D eigenvalue weighted by Gasteiger charge is -2.24. The first kappa shape index (κ1) is 21.7. The molecule has 2 rings (SSSR count). The molecule has 2 amide bonds. The maximum atomic E-state index is 12.8. The van der Waals surface area contributed by atoms with E-state index in [2.05, 4.69) is 5.32 Å². The van der Waals surface area contributed by atoms with E-state index < -0.39 is 0 Å². The highest BCUT2D eigenvalue weighted by molar-refractivity contribution is 6.34. The molecule has 7 heteroatoms. The molecule has 0 spiro atoms. The lowest BCUT2D eigenvalue weighted by Crippen LogP contribution is -2.40. The molecule has 1 atom stereocenters. The molecular weight excluding hydrogens is 361 g/mol. The van der Waals surface area contributed by atoms with Gasteiger partial charge < -0.3 is 16.0 Å². The predicted molar refractivity (Wildman–Crippen MR) is 105 cm³/mol. The second-order valence-corrected chi connectivity index (χ2v) is 7.92. The van der Waals surface area contributed by atoms with Gasteiger partial charge in [0, 0.05) is 31.2 Å². The zero-order chi connectivity index (χ0) is 17.9. The van der Waals surface area contributed by atoms with Crippen LogP contribution in [0.4, 0.5) is 5.69 Å². The molecule has 25 heavy (non-hydrogen) atoms. The first-order valence-electron chi connectivity index (χ1n) is 8.32. The summed E-state index contributed by atoms with van der Waals surface area (Å²) in [5, 5.41) is 3.23. The number of nitrogens with zero attached hydrogens (tertiary/aromatic N) is 1. The Morgan fingerprint density at radius 2 is 2.04 bits per heavy atom. The van der Waals surface area contributed by atoms with Gasteiger partial charge in [-0.25, -0.2) is 0 Å². The van der Waals surface area contributed by atoms with Crippen molar-refractivity contribution in [3.8, 4) is 0 Å². The van der Waals surface area contributed by atoms with E-state index in [0.717, 1.165) is 12.8 Å². The Hall–Kier alpha value is -1.30. The lowest BCUT2D eigenvalue weighted by molar-refractivity contribution is -0.117. The predicted octanol–water partition coefficient (Wildman–Crippen LogP) is 3.70. The molecule has 0 aliphatic carbocycles. The lowest BCUT2D eigenvalue weighted by atomic mass is 9.92. The number of likely N-dealkylation sites (tertiary alicyclic amines) is 1. The molecule has 1 saturated heterocycles. The molecule has 0 aromatic heterocycles. The Morgan fingerprint density at radius 1 is 1.36 bits per heavy atom. The number of nitrogens with one attached hydrogen (secondary N) is 1. The van der Waals surface area contributed by atoms with Gasteiger partial charge in [0.1, 0.15) is 0 Å². The van der Waals surface area contributed by atoms with Gasteiger partial charge in [-0.15, -0.1) is 12.4 Å². The van der Waals surface area contributed by atoms with E-state index in [1.54, 1.807) is 23.1 Å². The highest BCUT2D eigenvalue weighted by Crippen LogP contribution is 2.26. The van der Waals surface area contributed by atoms with Gasteiger partial charge in [-0.05, 0) is 36.5 Å². The first-order chi connectivity index (χ1) is 11.2. The van der Waals surface area contributed by atoms with Crippen LogP contribution in [0, 0.1) is 5.41 Å². The van der Waals surface area contributed by atoms with Gasteiger partial charge >= 0.3 is 0 Å². The Kier molecular flexibility index (Phi) is 7.72. The topological polar surface area (TPSA) is 75.4 Å². The number of anilines is 1. The maximum Gasteiger partial charge on any atom is 0.255 e. The molecule has 5 nitrogen and oxygen atoms in total. The number of hydrogen-bond acceptors (Lipinski definition) is 3. The van der Waals surface area contributed by atoms with Crippen molar-refractivity contribution >= 4 is 41.5 Å². The largest absolute Gasteiger partial charge is 0.334 e. The van der Waals surface area contributed by atoms with Crippen LogP contribution in [0.1, 0.15) is 50.4 Å². The van der Waals surface area contributed by atoms with Crippen molar-refractivity contribution in [3.05, 3.63) is 28.8 Å². The molecule has 1 aromatic carbocycles. The van der Waals surface area contributed by atoms with Gasteiger partial charge in [-0.1, -0.05) is 32.4 Å². The van der Waals surface area contributed by atoms with Gasteiger partial charge in [0.25, 0.3) is 5.91 Å². The number of carbonyl (C=O) groups is 2. The van der Waals surface area contributed by atoms with E-state index >= 15 is 0 Å². The number of amides is 2. The third-order valence-corrected chi connectivity index (χ3v) is 4.41. The second-order valence-electron chi connectivity index (χ2n) is 7.51.